The molecule has 0 aliphatic heterocycles. The van der Waals surface area contributed by atoms with Crippen molar-refractivity contribution in [3.63, 3.8) is 0 Å². The Labute approximate surface area is 109 Å². The van der Waals surface area contributed by atoms with Gasteiger partial charge >= 0.3 is 0 Å². The van der Waals surface area contributed by atoms with Crippen molar-refractivity contribution < 1.29 is 15.3 Å². The summed E-state index contributed by atoms with van der Waals surface area (Å²) in [6.07, 6.45) is 19.7. The Balaban J connectivity index is 3.61. The van der Waals surface area contributed by atoms with Gasteiger partial charge in [-0.2, -0.15) is 0 Å². The predicted molar refractivity (Wildman–Crippen MR) is 74.7 cm³/mol. The van der Waals surface area contributed by atoms with E-state index in [0.29, 0.717) is 0 Å². The smallest absolute Gasteiger partial charge is 0.297 e. The molecule has 0 bridgehead atoms. The fourth-order valence-electron chi connectivity index (χ4n) is 1.31. The second-order valence-corrected chi connectivity index (χ2v) is 4.09. The van der Waals surface area contributed by atoms with Crippen molar-refractivity contribution in [1.82, 2.24) is 0 Å². The van der Waals surface area contributed by atoms with Gasteiger partial charge < -0.3 is 15.3 Å². The molecule has 0 atom stereocenters. The lowest BCUT2D eigenvalue weighted by atomic mass is 10.1. The minimum atomic E-state index is -2.73. The van der Waals surface area contributed by atoms with Gasteiger partial charge in [-0.3, -0.25) is 0 Å². The van der Waals surface area contributed by atoms with Crippen LogP contribution in [0.3, 0.4) is 0 Å². The molecule has 0 unspecified atom stereocenters. The van der Waals surface area contributed by atoms with Crippen molar-refractivity contribution in [3.8, 4) is 0 Å². The molecule has 18 heavy (non-hydrogen) atoms. The van der Waals surface area contributed by atoms with E-state index in [1.165, 1.54) is 31.8 Å². The van der Waals surface area contributed by atoms with Crippen LogP contribution in [0.2, 0.25) is 0 Å². The van der Waals surface area contributed by atoms with Crippen LogP contribution < -0.4 is 0 Å². The predicted octanol–water partition coefficient (Wildman–Crippen LogP) is 2.81. The first-order valence-corrected chi connectivity index (χ1v) is 6.41. The molecule has 102 valence electrons. The number of hydrogen-bond acceptors (Lipinski definition) is 3. The first-order chi connectivity index (χ1) is 8.56. The van der Waals surface area contributed by atoms with Crippen LogP contribution in [-0.4, -0.2) is 21.3 Å². The van der Waals surface area contributed by atoms with E-state index in [2.05, 4.69) is 13.0 Å². The van der Waals surface area contributed by atoms with Crippen LogP contribution in [0.1, 0.15) is 39.0 Å². The highest BCUT2D eigenvalue weighted by atomic mass is 16.7. The largest absolute Gasteiger partial charge is 0.340 e. The molecule has 0 rings (SSSR count). The van der Waals surface area contributed by atoms with Crippen molar-refractivity contribution in [2.75, 3.05) is 0 Å². The van der Waals surface area contributed by atoms with Gasteiger partial charge in [-0.05, 0) is 12.8 Å². The van der Waals surface area contributed by atoms with Crippen LogP contribution in [0.15, 0.2) is 48.6 Å². The molecule has 0 radical (unpaired) electrons. The molecule has 0 fully saturated rings. The van der Waals surface area contributed by atoms with E-state index in [4.69, 9.17) is 15.3 Å². The Morgan fingerprint density at radius 3 is 2.00 bits per heavy atom. The maximum atomic E-state index is 8.54. The van der Waals surface area contributed by atoms with Gasteiger partial charge in [0, 0.05) is 6.08 Å². The molecule has 0 amide bonds. The number of allylic oxidation sites excluding steroid dienone is 7. The number of aliphatic hydroxyl groups is 3. The molecule has 0 saturated heterocycles. The number of unbranched alkanes of at least 4 members (excludes halogenated alkanes) is 4. The third kappa shape index (κ3) is 14.8. The summed E-state index contributed by atoms with van der Waals surface area (Å²) in [6, 6.07) is 0. The van der Waals surface area contributed by atoms with Crippen LogP contribution >= 0.6 is 0 Å². The fourth-order valence-corrected chi connectivity index (χ4v) is 1.31. The average Bonchev–Trinajstić information content (AvgIpc) is 2.29. The zero-order chi connectivity index (χ0) is 13.7. The molecule has 0 aromatic rings. The van der Waals surface area contributed by atoms with Gasteiger partial charge in [-0.25, -0.2) is 0 Å². The van der Waals surface area contributed by atoms with Gasteiger partial charge in [0.1, 0.15) is 0 Å². The monoisotopic (exact) mass is 252 g/mol. The van der Waals surface area contributed by atoms with E-state index in [0.717, 1.165) is 12.5 Å². The Hall–Kier alpha value is -1.16. The van der Waals surface area contributed by atoms with E-state index in [1.807, 2.05) is 18.2 Å². The van der Waals surface area contributed by atoms with Crippen LogP contribution in [0.4, 0.5) is 0 Å². The van der Waals surface area contributed by atoms with Gasteiger partial charge in [-0.1, -0.05) is 68.7 Å². The molecule has 0 saturated carbocycles. The topological polar surface area (TPSA) is 60.7 Å². The summed E-state index contributed by atoms with van der Waals surface area (Å²) in [5.41, 5.74) is 0. The highest BCUT2D eigenvalue weighted by molar-refractivity contribution is 5.15. The van der Waals surface area contributed by atoms with Crippen molar-refractivity contribution in [2.24, 2.45) is 0 Å². The quantitative estimate of drug-likeness (QED) is 0.336. The van der Waals surface area contributed by atoms with Crippen molar-refractivity contribution in [2.45, 2.75) is 45.0 Å². The van der Waals surface area contributed by atoms with Crippen LogP contribution in [0.5, 0.6) is 0 Å². The summed E-state index contributed by atoms with van der Waals surface area (Å²) in [4.78, 5) is 0. The lowest BCUT2D eigenvalue weighted by molar-refractivity contribution is -0.273. The van der Waals surface area contributed by atoms with E-state index in [9.17, 15) is 0 Å². The third-order valence-corrected chi connectivity index (χ3v) is 2.24. The summed E-state index contributed by atoms with van der Waals surface area (Å²) < 4.78 is 0. The minimum absolute atomic E-state index is 0.876. The van der Waals surface area contributed by atoms with Crippen LogP contribution in [0, 0.1) is 0 Å². The molecular weight excluding hydrogens is 228 g/mol. The zero-order valence-corrected chi connectivity index (χ0v) is 11.0. The SMILES string of the molecule is CCCCCCC=CC=CC=CC=CC(O)(O)O. The van der Waals surface area contributed by atoms with Crippen molar-refractivity contribution in [3.05, 3.63) is 48.6 Å². The maximum absolute atomic E-state index is 8.54. The van der Waals surface area contributed by atoms with Gasteiger partial charge in [0.15, 0.2) is 0 Å². The second-order valence-electron chi connectivity index (χ2n) is 4.09. The Morgan fingerprint density at radius 2 is 1.39 bits per heavy atom. The molecule has 3 N–H and O–H groups in total. The van der Waals surface area contributed by atoms with Crippen LogP contribution in [-0.2, 0) is 0 Å². The molecule has 3 nitrogen and oxygen atoms in total. The average molecular weight is 252 g/mol. The Kier molecular flexibility index (Phi) is 10.3. The Morgan fingerprint density at radius 1 is 0.778 bits per heavy atom. The maximum Gasteiger partial charge on any atom is 0.297 e. The summed E-state index contributed by atoms with van der Waals surface area (Å²) in [5.74, 6) is -2.73. The molecule has 0 aliphatic carbocycles. The fraction of sp³-hybridized carbons (Fsp3) is 0.467. The lowest BCUT2D eigenvalue weighted by Gasteiger charge is -2.05. The first kappa shape index (κ1) is 16.8. The summed E-state index contributed by atoms with van der Waals surface area (Å²) in [5, 5.41) is 25.6. The van der Waals surface area contributed by atoms with E-state index < -0.39 is 5.97 Å². The van der Waals surface area contributed by atoms with Gasteiger partial charge in [-0.15, -0.1) is 0 Å². The molecular formula is C15H24O3. The highest BCUT2D eigenvalue weighted by Gasteiger charge is 2.10. The standard InChI is InChI=1S/C15H24O3/c1-2-3-4-5-6-7-8-9-10-11-12-13-14-15(16,17)18/h7-14,16-18H,2-6H2,1H3. The molecule has 0 heterocycles. The van der Waals surface area contributed by atoms with Crippen molar-refractivity contribution >= 4 is 0 Å². The summed E-state index contributed by atoms with van der Waals surface area (Å²) in [6.45, 7) is 2.20. The lowest BCUT2D eigenvalue weighted by Crippen LogP contribution is -2.22. The van der Waals surface area contributed by atoms with E-state index >= 15 is 0 Å². The van der Waals surface area contributed by atoms with E-state index in [-0.39, 0.29) is 0 Å². The normalized spacial score (nSPS) is 13.8. The molecule has 0 aromatic heterocycles. The number of hydrogen-bond donors (Lipinski definition) is 3. The minimum Gasteiger partial charge on any atom is -0.340 e. The van der Waals surface area contributed by atoms with Gasteiger partial charge in [0.2, 0.25) is 0 Å². The molecule has 0 spiro atoms. The van der Waals surface area contributed by atoms with Gasteiger partial charge in [0.05, 0.1) is 0 Å². The molecule has 3 heteroatoms. The summed E-state index contributed by atoms with van der Waals surface area (Å²) in [7, 11) is 0. The highest BCUT2D eigenvalue weighted by Crippen LogP contribution is 2.02. The van der Waals surface area contributed by atoms with Crippen molar-refractivity contribution in [1.29, 1.82) is 0 Å². The molecule has 0 aliphatic rings. The second kappa shape index (κ2) is 11.0. The third-order valence-electron chi connectivity index (χ3n) is 2.24. The van der Waals surface area contributed by atoms with Crippen LogP contribution in [0.25, 0.3) is 0 Å². The van der Waals surface area contributed by atoms with E-state index in [1.54, 1.807) is 12.2 Å². The molecule has 0 aromatic carbocycles. The Bertz CT molecular complexity index is 293. The summed E-state index contributed by atoms with van der Waals surface area (Å²) >= 11 is 0. The first-order valence-electron chi connectivity index (χ1n) is 6.41. The van der Waals surface area contributed by atoms with Gasteiger partial charge in [0.25, 0.3) is 5.97 Å². The number of rotatable bonds is 9. The zero-order valence-electron chi connectivity index (χ0n) is 11.0.